The Hall–Kier alpha value is -3.49. The summed E-state index contributed by atoms with van der Waals surface area (Å²) in [4.78, 5) is 15.9. The molecular weight excluding hydrogens is 406 g/mol. The molecule has 1 aromatic heterocycles. The first-order valence-electron chi connectivity index (χ1n) is 9.58. The second-order valence-corrected chi connectivity index (χ2v) is 7.24. The molecule has 0 spiro atoms. The van der Waals surface area contributed by atoms with Crippen molar-refractivity contribution in [1.29, 1.82) is 0 Å². The molecule has 0 unspecified atom stereocenters. The molecule has 0 bridgehead atoms. The number of hydrogen-bond donors (Lipinski definition) is 0. The molecule has 31 heavy (non-hydrogen) atoms. The second-order valence-electron chi connectivity index (χ2n) is 7.24. The van der Waals surface area contributed by atoms with Crippen LogP contribution in [0.2, 0.25) is 0 Å². The monoisotopic (exact) mass is 430 g/mol. The lowest BCUT2D eigenvalue weighted by atomic mass is 10.1. The lowest BCUT2D eigenvalue weighted by Crippen LogP contribution is -2.27. The highest BCUT2D eigenvalue weighted by Gasteiger charge is 2.21. The maximum Gasteiger partial charge on any atom is 0.387 e. The third-order valence-electron chi connectivity index (χ3n) is 4.76. The Bertz CT molecular complexity index is 1100. The van der Waals surface area contributed by atoms with Gasteiger partial charge in [0.05, 0.1) is 18.5 Å². The molecule has 9 heteroatoms. The van der Waals surface area contributed by atoms with Crippen molar-refractivity contribution in [3.63, 3.8) is 0 Å². The summed E-state index contributed by atoms with van der Waals surface area (Å²) in [5, 5.41) is 8.80. The van der Waals surface area contributed by atoms with Crippen LogP contribution in [0.3, 0.4) is 0 Å². The van der Waals surface area contributed by atoms with E-state index in [4.69, 9.17) is 4.74 Å². The van der Waals surface area contributed by atoms with Crippen LogP contribution in [-0.4, -0.2) is 46.6 Å². The smallest absolute Gasteiger partial charge is 0.387 e. The number of carbonyl (C=O) groups is 1. The normalized spacial score (nSPS) is 11.0. The molecule has 0 aliphatic heterocycles. The van der Waals surface area contributed by atoms with Gasteiger partial charge in [-0.3, -0.25) is 4.79 Å². The fourth-order valence-corrected chi connectivity index (χ4v) is 3.24. The summed E-state index contributed by atoms with van der Waals surface area (Å²) < 4.78 is 34.6. The zero-order chi connectivity index (χ0) is 22.7. The molecule has 0 fully saturated rings. The first kappa shape index (κ1) is 22.2. The number of nitrogens with zero attached hydrogens (tertiary/aromatic N) is 4. The number of alkyl halides is 2. The highest BCUT2D eigenvalue weighted by atomic mass is 19.3. The molecule has 0 radical (unpaired) electrons. The summed E-state index contributed by atoms with van der Waals surface area (Å²) in [6, 6.07) is 10.4. The minimum atomic E-state index is -2.95. The van der Waals surface area contributed by atoms with Crippen LogP contribution in [0, 0.1) is 20.8 Å². The molecule has 1 amide bonds. The van der Waals surface area contributed by atoms with Crippen molar-refractivity contribution in [1.82, 2.24) is 19.9 Å². The number of rotatable bonds is 7. The number of methoxy groups -OCH3 is 1. The van der Waals surface area contributed by atoms with Crippen LogP contribution in [0.5, 0.6) is 11.5 Å². The predicted octanol–water partition coefficient (Wildman–Crippen LogP) is 4.07. The van der Waals surface area contributed by atoms with Crippen LogP contribution in [-0.2, 0) is 6.54 Å². The molecule has 2 aromatic carbocycles. The van der Waals surface area contributed by atoms with E-state index in [1.807, 2.05) is 32.0 Å². The molecule has 0 aliphatic rings. The summed E-state index contributed by atoms with van der Waals surface area (Å²) in [5.74, 6) is -0.210. The van der Waals surface area contributed by atoms with Gasteiger partial charge in [-0.05, 0) is 50.1 Å². The molecule has 0 saturated carbocycles. The SMILES string of the molecule is COc1cc(CN(C)C(=O)c2nn(-c3ccc(C)cc3C)nc2C)ccc1OC(F)F. The van der Waals surface area contributed by atoms with Gasteiger partial charge in [-0.25, -0.2) is 0 Å². The summed E-state index contributed by atoms with van der Waals surface area (Å²) in [7, 11) is 3.00. The van der Waals surface area contributed by atoms with E-state index in [0.717, 1.165) is 16.8 Å². The Morgan fingerprint density at radius 1 is 1.10 bits per heavy atom. The van der Waals surface area contributed by atoms with Crippen molar-refractivity contribution in [2.24, 2.45) is 0 Å². The average Bonchev–Trinajstić information content (AvgIpc) is 3.09. The third kappa shape index (κ3) is 4.99. The van der Waals surface area contributed by atoms with Crippen LogP contribution in [0.1, 0.15) is 32.9 Å². The standard InChI is InChI=1S/C22H24F2N4O3/c1-13-6-8-17(14(2)10-13)28-25-15(3)20(26-28)21(29)27(4)12-16-7-9-18(31-22(23)24)19(11-16)30-5/h6-11,22H,12H2,1-5H3. The maximum absolute atomic E-state index is 13.0. The van der Waals surface area contributed by atoms with Crippen LogP contribution in [0.25, 0.3) is 5.69 Å². The number of hydrogen-bond acceptors (Lipinski definition) is 5. The summed E-state index contributed by atoms with van der Waals surface area (Å²) in [6.45, 7) is 2.97. The van der Waals surface area contributed by atoms with Gasteiger partial charge in [-0.1, -0.05) is 23.8 Å². The Morgan fingerprint density at radius 3 is 2.48 bits per heavy atom. The zero-order valence-corrected chi connectivity index (χ0v) is 18.0. The average molecular weight is 430 g/mol. The number of ether oxygens (including phenoxy) is 2. The van der Waals surface area contributed by atoms with Gasteiger partial charge in [0.1, 0.15) is 0 Å². The highest BCUT2D eigenvalue weighted by Crippen LogP contribution is 2.30. The van der Waals surface area contributed by atoms with Crippen LogP contribution in [0.4, 0.5) is 8.78 Å². The van der Waals surface area contributed by atoms with Crippen molar-refractivity contribution in [3.05, 3.63) is 64.5 Å². The van der Waals surface area contributed by atoms with Crippen molar-refractivity contribution < 1.29 is 23.0 Å². The lowest BCUT2D eigenvalue weighted by molar-refractivity contribution is -0.0512. The molecule has 1 heterocycles. The van der Waals surface area contributed by atoms with Gasteiger partial charge < -0.3 is 14.4 Å². The minimum absolute atomic E-state index is 0.0671. The molecule has 3 rings (SSSR count). The topological polar surface area (TPSA) is 69.5 Å². The van der Waals surface area contributed by atoms with E-state index in [0.29, 0.717) is 11.3 Å². The van der Waals surface area contributed by atoms with Crippen molar-refractivity contribution in [2.75, 3.05) is 14.2 Å². The number of aromatic nitrogens is 3. The van der Waals surface area contributed by atoms with E-state index >= 15 is 0 Å². The van der Waals surface area contributed by atoms with Gasteiger partial charge >= 0.3 is 6.61 Å². The van der Waals surface area contributed by atoms with Gasteiger partial charge in [0.25, 0.3) is 5.91 Å². The van der Waals surface area contributed by atoms with Crippen molar-refractivity contribution in [2.45, 2.75) is 33.9 Å². The number of carbonyl (C=O) groups excluding carboxylic acids is 1. The fraction of sp³-hybridized carbons (Fsp3) is 0.318. The van der Waals surface area contributed by atoms with E-state index < -0.39 is 6.61 Å². The van der Waals surface area contributed by atoms with Crippen molar-refractivity contribution in [3.8, 4) is 17.2 Å². The fourth-order valence-electron chi connectivity index (χ4n) is 3.24. The van der Waals surface area contributed by atoms with E-state index in [9.17, 15) is 13.6 Å². The third-order valence-corrected chi connectivity index (χ3v) is 4.76. The van der Waals surface area contributed by atoms with E-state index in [-0.39, 0.29) is 29.6 Å². The van der Waals surface area contributed by atoms with E-state index in [1.54, 1.807) is 26.1 Å². The van der Waals surface area contributed by atoms with Crippen molar-refractivity contribution >= 4 is 5.91 Å². The first-order chi connectivity index (χ1) is 14.7. The Kier molecular flexibility index (Phi) is 6.53. The van der Waals surface area contributed by atoms with Gasteiger partial charge in [0.15, 0.2) is 17.2 Å². The highest BCUT2D eigenvalue weighted by molar-refractivity contribution is 5.93. The van der Waals surface area contributed by atoms with Crippen LogP contribution >= 0.6 is 0 Å². The number of amides is 1. The Labute approximate surface area is 179 Å². The van der Waals surface area contributed by atoms with Crippen LogP contribution < -0.4 is 9.47 Å². The largest absolute Gasteiger partial charge is 0.493 e. The van der Waals surface area contributed by atoms with E-state index in [2.05, 4.69) is 14.9 Å². The molecule has 0 saturated heterocycles. The second kappa shape index (κ2) is 9.11. The molecule has 0 N–H and O–H groups in total. The number of benzene rings is 2. The predicted molar refractivity (Wildman–Crippen MR) is 111 cm³/mol. The van der Waals surface area contributed by atoms with Gasteiger partial charge in [-0.15, -0.1) is 5.10 Å². The van der Waals surface area contributed by atoms with Gasteiger partial charge in [0, 0.05) is 13.6 Å². The molecule has 0 atom stereocenters. The minimum Gasteiger partial charge on any atom is -0.493 e. The lowest BCUT2D eigenvalue weighted by Gasteiger charge is -2.17. The molecule has 3 aromatic rings. The molecule has 164 valence electrons. The molecule has 0 aliphatic carbocycles. The summed E-state index contributed by atoms with van der Waals surface area (Å²) in [6.07, 6.45) is 0. The summed E-state index contributed by atoms with van der Waals surface area (Å²) >= 11 is 0. The first-order valence-corrected chi connectivity index (χ1v) is 9.58. The van der Waals surface area contributed by atoms with Gasteiger partial charge in [0.2, 0.25) is 0 Å². The maximum atomic E-state index is 13.0. The Morgan fingerprint density at radius 2 is 1.84 bits per heavy atom. The Balaban J connectivity index is 1.80. The number of halogens is 2. The number of aryl methyl sites for hydroxylation is 3. The quantitative estimate of drug-likeness (QED) is 0.565. The van der Waals surface area contributed by atoms with E-state index in [1.165, 1.54) is 22.9 Å². The molecular formula is C22H24F2N4O3. The zero-order valence-electron chi connectivity index (χ0n) is 18.0. The van der Waals surface area contributed by atoms with Gasteiger partial charge in [-0.2, -0.15) is 18.7 Å². The molecule has 7 nitrogen and oxygen atoms in total. The summed E-state index contributed by atoms with van der Waals surface area (Å²) in [5.41, 5.74) is 4.37. The van der Waals surface area contributed by atoms with Crippen LogP contribution in [0.15, 0.2) is 36.4 Å².